The van der Waals surface area contributed by atoms with Crippen LogP contribution in [0.3, 0.4) is 0 Å². The second-order valence-electron chi connectivity index (χ2n) is 8.00. The third-order valence-electron chi connectivity index (χ3n) is 5.58. The normalized spacial score (nSPS) is 11.1. The zero-order valence-corrected chi connectivity index (χ0v) is 20.9. The van der Waals surface area contributed by atoms with E-state index in [2.05, 4.69) is 24.8 Å². The van der Waals surface area contributed by atoms with Crippen LogP contribution in [0.4, 0.5) is 5.69 Å². The Bertz CT molecular complexity index is 1490. The third kappa shape index (κ3) is 6.26. The van der Waals surface area contributed by atoms with Crippen molar-refractivity contribution < 1.29 is 27.1 Å². The number of hydrogen-bond acceptors (Lipinski definition) is 7. The van der Waals surface area contributed by atoms with E-state index in [4.69, 9.17) is 9.52 Å². The van der Waals surface area contributed by atoms with E-state index < -0.39 is 10.1 Å². The van der Waals surface area contributed by atoms with E-state index >= 15 is 0 Å². The number of pyridine rings is 1. The lowest BCUT2D eigenvalue weighted by atomic mass is 10.1. The van der Waals surface area contributed by atoms with Crippen molar-refractivity contribution >= 4 is 26.8 Å². The van der Waals surface area contributed by atoms with Gasteiger partial charge in [0.2, 0.25) is 0 Å². The fourth-order valence-electron chi connectivity index (χ4n) is 3.63. The smallest absolute Gasteiger partial charge is 0.344 e. The van der Waals surface area contributed by atoms with Crippen molar-refractivity contribution in [3.63, 3.8) is 0 Å². The topological polar surface area (TPSA) is 115 Å². The number of hydrogen-bond donors (Lipinski definition) is 1. The fraction of sp³-hybridized carbons (Fsp3) is 0.231. The van der Waals surface area contributed by atoms with Gasteiger partial charge in [-0.1, -0.05) is 6.07 Å². The van der Waals surface area contributed by atoms with Gasteiger partial charge in [-0.2, -0.15) is 0 Å². The Morgan fingerprint density at radius 3 is 2.23 bits per heavy atom. The standard InChI is InChI=1S/C19H21N2O2.C7H8O4S/c1-4-21(5-2)16-7-6-15-12-17(19(22)23-18(15)13-16)14-8-10-20(3)11-9-14;1-5-2-3-6(8)4-7(5)12(9,10)11/h6-13H,4-5H2,1-3H3;2-4,8H,1H3,(H,9,10,11)/q+1;/p-1. The number of aromatic hydroxyl groups is 1. The number of aryl methyl sites for hydroxylation is 2. The van der Waals surface area contributed by atoms with Gasteiger partial charge < -0.3 is 19.0 Å². The van der Waals surface area contributed by atoms with Crippen LogP contribution in [-0.2, 0) is 17.2 Å². The lowest BCUT2D eigenvalue weighted by Gasteiger charge is -2.21. The molecule has 1 N–H and O–H groups in total. The Morgan fingerprint density at radius 1 is 1.00 bits per heavy atom. The van der Waals surface area contributed by atoms with Gasteiger partial charge >= 0.3 is 5.63 Å². The van der Waals surface area contributed by atoms with Crippen molar-refractivity contribution in [2.24, 2.45) is 7.05 Å². The first-order valence-corrected chi connectivity index (χ1v) is 12.5. The van der Waals surface area contributed by atoms with E-state index in [1.807, 2.05) is 54.3 Å². The van der Waals surface area contributed by atoms with Crippen molar-refractivity contribution in [2.75, 3.05) is 18.0 Å². The molecule has 8 nitrogen and oxygen atoms in total. The lowest BCUT2D eigenvalue weighted by molar-refractivity contribution is -0.671. The number of benzene rings is 2. The summed E-state index contributed by atoms with van der Waals surface area (Å²) in [5.74, 6) is -0.227. The molecule has 184 valence electrons. The van der Waals surface area contributed by atoms with Crippen molar-refractivity contribution in [1.82, 2.24) is 0 Å². The van der Waals surface area contributed by atoms with Gasteiger partial charge in [-0.3, -0.25) is 0 Å². The molecule has 2 aromatic heterocycles. The minimum absolute atomic E-state index is 0.227. The van der Waals surface area contributed by atoms with Gasteiger partial charge in [0.1, 0.15) is 28.5 Å². The van der Waals surface area contributed by atoms with Crippen molar-refractivity contribution in [3.8, 4) is 16.9 Å². The average molecular weight is 497 g/mol. The number of anilines is 1. The summed E-state index contributed by atoms with van der Waals surface area (Å²) in [6, 6.07) is 15.4. The molecule has 0 aliphatic rings. The molecule has 0 atom stereocenters. The van der Waals surface area contributed by atoms with Crippen molar-refractivity contribution in [3.05, 3.63) is 83.0 Å². The molecule has 0 radical (unpaired) electrons. The molecule has 0 spiro atoms. The van der Waals surface area contributed by atoms with E-state index in [9.17, 15) is 17.8 Å². The summed E-state index contributed by atoms with van der Waals surface area (Å²) < 4.78 is 39.1. The number of aromatic nitrogens is 1. The molecule has 0 saturated heterocycles. The Hall–Kier alpha value is -3.69. The van der Waals surface area contributed by atoms with Crippen LogP contribution in [0.2, 0.25) is 0 Å². The fourth-order valence-corrected chi connectivity index (χ4v) is 4.35. The van der Waals surface area contributed by atoms with Crippen LogP contribution in [0.25, 0.3) is 22.1 Å². The molecule has 0 amide bonds. The lowest BCUT2D eigenvalue weighted by Crippen LogP contribution is -2.25. The number of fused-ring (bicyclic) bond motifs is 1. The molecule has 9 heteroatoms. The Kier molecular flexibility index (Phi) is 7.93. The highest BCUT2D eigenvalue weighted by atomic mass is 32.2. The van der Waals surface area contributed by atoms with Gasteiger partial charge in [-0.25, -0.2) is 17.8 Å². The minimum Gasteiger partial charge on any atom is -0.744 e. The molecule has 0 aliphatic carbocycles. The number of phenolic OH excluding ortho intramolecular Hbond substituents is 1. The molecule has 4 rings (SSSR count). The molecule has 2 aromatic carbocycles. The van der Waals surface area contributed by atoms with Crippen LogP contribution >= 0.6 is 0 Å². The summed E-state index contributed by atoms with van der Waals surface area (Å²) in [6.45, 7) is 7.56. The first-order chi connectivity index (χ1) is 16.5. The summed E-state index contributed by atoms with van der Waals surface area (Å²) in [7, 11) is -2.52. The van der Waals surface area contributed by atoms with Crippen LogP contribution in [0.15, 0.2) is 81.1 Å². The molecule has 35 heavy (non-hydrogen) atoms. The van der Waals surface area contributed by atoms with Gasteiger partial charge in [0.15, 0.2) is 12.4 Å². The van der Waals surface area contributed by atoms with E-state index in [1.165, 1.54) is 19.1 Å². The van der Waals surface area contributed by atoms with Gasteiger partial charge in [-0.15, -0.1) is 0 Å². The zero-order chi connectivity index (χ0) is 25.8. The molecule has 4 aromatic rings. The first kappa shape index (κ1) is 25.9. The predicted octanol–water partition coefficient (Wildman–Crippen LogP) is 3.74. The maximum absolute atomic E-state index is 12.4. The SMILES string of the molecule is CCN(CC)c1ccc2cc(-c3cc[n+](C)cc3)c(=O)oc2c1.Cc1ccc(O)cc1S(=O)(=O)[O-]. The third-order valence-corrected chi connectivity index (χ3v) is 6.56. The van der Waals surface area contributed by atoms with Gasteiger partial charge in [0.25, 0.3) is 0 Å². The largest absolute Gasteiger partial charge is 0.744 e. The highest BCUT2D eigenvalue weighted by molar-refractivity contribution is 7.85. The van der Waals surface area contributed by atoms with E-state index in [0.717, 1.165) is 35.8 Å². The second-order valence-corrected chi connectivity index (χ2v) is 9.35. The van der Waals surface area contributed by atoms with Gasteiger partial charge in [-0.05, 0) is 56.7 Å². The van der Waals surface area contributed by atoms with Crippen LogP contribution in [0.5, 0.6) is 5.75 Å². The van der Waals surface area contributed by atoms with E-state index in [-0.39, 0.29) is 16.3 Å². The maximum atomic E-state index is 12.4. The van der Waals surface area contributed by atoms with Crippen LogP contribution < -0.4 is 15.1 Å². The zero-order valence-electron chi connectivity index (χ0n) is 20.1. The van der Waals surface area contributed by atoms with Crippen LogP contribution in [0, 0.1) is 6.92 Å². The summed E-state index contributed by atoms with van der Waals surface area (Å²) >= 11 is 0. The van der Waals surface area contributed by atoms with Gasteiger partial charge in [0.05, 0.1) is 10.5 Å². The molecule has 0 aliphatic heterocycles. The second kappa shape index (κ2) is 10.7. The Labute approximate surface area is 204 Å². The number of nitrogens with zero attached hydrogens (tertiary/aromatic N) is 2. The van der Waals surface area contributed by atoms with E-state index in [1.54, 1.807) is 0 Å². The highest BCUT2D eigenvalue weighted by Gasteiger charge is 2.11. The molecular formula is C26H28N2O6S. The molecule has 2 heterocycles. The van der Waals surface area contributed by atoms with Crippen LogP contribution in [0.1, 0.15) is 19.4 Å². The molecule has 0 bridgehead atoms. The Morgan fingerprint density at radius 2 is 1.66 bits per heavy atom. The first-order valence-electron chi connectivity index (χ1n) is 11.1. The molecular weight excluding hydrogens is 468 g/mol. The van der Waals surface area contributed by atoms with Gasteiger partial charge in [0, 0.05) is 47.9 Å². The maximum Gasteiger partial charge on any atom is 0.344 e. The summed E-state index contributed by atoms with van der Waals surface area (Å²) in [5.41, 5.74) is 3.20. The average Bonchev–Trinajstić information content (AvgIpc) is 2.81. The molecule has 0 saturated carbocycles. The number of phenols is 1. The van der Waals surface area contributed by atoms with Crippen molar-refractivity contribution in [2.45, 2.75) is 25.7 Å². The molecule has 0 unspecified atom stereocenters. The summed E-state index contributed by atoms with van der Waals surface area (Å²) in [4.78, 5) is 14.2. The predicted molar refractivity (Wildman–Crippen MR) is 133 cm³/mol. The Balaban J connectivity index is 0.000000241. The molecule has 0 fully saturated rings. The summed E-state index contributed by atoms with van der Waals surface area (Å²) in [6.07, 6.45) is 3.84. The van der Waals surface area contributed by atoms with E-state index in [0.29, 0.717) is 16.7 Å². The van der Waals surface area contributed by atoms with Crippen molar-refractivity contribution in [1.29, 1.82) is 0 Å². The minimum atomic E-state index is -4.47. The summed E-state index contributed by atoms with van der Waals surface area (Å²) in [5, 5.41) is 9.83. The highest BCUT2D eigenvalue weighted by Crippen LogP contribution is 2.25. The quantitative estimate of drug-likeness (QED) is 0.254. The van der Waals surface area contributed by atoms with Crippen LogP contribution in [-0.4, -0.2) is 31.2 Å². The number of rotatable bonds is 5. The monoisotopic (exact) mass is 496 g/mol.